The lowest BCUT2D eigenvalue weighted by molar-refractivity contribution is -0.151. The van der Waals surface area contributed by atoms with E-state index in [0.717, 1.165) is 31.2 Å². The van der Waals surface area contributed by atoms with Crippen molar-refractivity contribution in [1.29, 1.82) is 0 Å². The Morgan fingerprint density at radius 1 is 1.36 bits per heavy atom. The van der Waals surface area contributed by atoms with Crippen molar-refractivity contribution >= 4 is 5.91 Å². The maximum Gasteiger partial charge on any atom is 0.260 e. The van der Waals surface area contributed by atoms with Gasteiger partial charge >= 0.3 is 0 Å². The Balaban J connectivity index is 1.62. The van der Waals surface area contributed by atoms with Gasteiger partial charge in [-0.3, -0.25) is 4.79 Å². The quantitative estimate of drug-likeness (QED) is 0.744. The zero-order chi connectivity index (χ0) is 17.6. The van der Waals surface area contributed by atoms with E-state index in [9.17, 15) is 4.79 Å². The first-order chi connectivity index (χ1) is 12.2. The number of methoxy groups -OCH3 is 1. The Bertz CT molecular complexity index is 614. The standard InChI is InChI=1S/C20H27NO4/c1-3-6-15-9-10-18(19(13-15)23-2)25-14-20(22)21-11-12-24-17-8-5-4-7-16(17)21/h3,9-10,13,16-17H,1,4-8,11-12,14H2,2H3/t16-,17+/m0/s1. The number of morpholine rings is 1. The summed E-state index contributed by atoms with van der Waals surface area (Å²) in [6.45, 7) is 5.04. The predicted octanol–water partition coefficient (Wildman–Crippen LogP) is 2.97. The Kier molecular flexibility index (Phi) is 5.97. The summed E-state index contributed by atoms with van der Waals surface area (Å²) in [6.07, 6.45) is 7.23. The third kappa shape index (κ3) is 4.15. The first kappa shape index (κ1) is 17.8. The summed E-state index contributed by atoms with van der Waals surface area (Å²) in [5, 5.41) is 0. The molecule has 0 spiro atoms. The van der Waals surface area contributed by atoms with Gasteiger partial charge in [-0.05, 0) is 37.0 Å². The molecule has 0 unspecified atom stereocenters. The van der Waals surface area contributed by atoms with Crippen LogP contribution in [-0.2, 0) is 16.0 Å². The molecule has 2 fully saturated rings. The zero-order valence-corrected chi connectivity index (χ0v) is 14.9. The molecule has 1 heterocycles. The summed E-state index contributed by atoms with van der Waals surface area (Å²) in [7, 11) is 1.61. The lowest BCUT2D eigenvalue weighted by Gasteiger charge is -2.43. The number of hydrogen-bond donors (Lipinski definition) is 0. The molecule has 1 amide bonds. The number of carbonyl (C=O) groups excluding carboxylic acids is 1. The second-order valence-corrected chi connectivity index (χ2v) is 6.61. The van der Waals surface area contributed by atoms with Crippen molar-refractivity contribution in [3.63, 3.8) is 0 Å². The molecule has 1 saturated carbocycles. The molecule has 136 valence electrons. The molecule has 0 N–H and O–H groups in total. The Morgan fingerprint density at radius 2 is 2.20 bits per heavy atom. The maximum absolute atomic E-state index is 12.7. The van der Waals surface area contributed by atoms with E-state index in [1.807, 2.05) is 29.2 Å². The van der Waals surface area contributed by atoms with Crippen molar-refractivity contribution in [1.82, 2.24) is 4.90 Å². The van der Waals surface area contributed by atoms with Gasteiger partial charge in [0.25, 0.3) is 5.91 Å². The van der Waals surface area contributed by atoms with Gasteiger partial charge in [0, 0.05) is 6.54 Å². The number of benzene rings is 1. The van der Waals surface area contributed by atoms with Crippen LogP contribution >= 0.6 is 0 Å². The molecular weight excluding hydrogens is 318 g/mol. The fraction of sp³-hybridized carbons (Fsp3) is 0.550. The van der Waals surface area contributed by atoms with Crippen molar-refractivity contribution in [2.75, 3.05) is 26.9 Å². The van der Waals surface area contributed by atoms with E-state index in [1.165, 1.54) is 6.42 Å². The summed E-state index contributed by atoms with van der Waals surface area (Å²) in [5.74, 6) is 1.26. The van der Waals surface area contributed by atoms with Crippen LogP contribution in [0, 0.1) is 0 Å². The first-order valence-corrected chi connectivity index (χ1v) is 9.04. The summed E-state index contributed by atoms with van der Waals surface area (Å²) in [4.78, 5) is 14.6. The van der Waals surface area contributed by atoms with Crippen LogP contribution in [0.15, 0.2) is 30.9 Å². The van der Waals surface area contributed by atoms with Crippen molar-refractivity contribution in [2.45, 2.75) is 44.2 Å². The third-order valence-electron chi connectivity index (χ3n) is 5.01. The molecule has 2 atom stereocenters. The van der Waals surface area contributed by atoms with Gasteiger partial charge in [0.2, 0.25) is 0 Å². The number of nitrogens with zero attached hydrogens (tertiary/aromatic N) is 1. The van der Waals surface area contributed by atoms with Gasteiger partial charge in [0.15, 0.2) is 18.1 Å². The van der Waals surface area contributed by atoms with Crippen molar-refractivity contribution in [3.8, 4) is 11.5 Å². The van der Waals surface area contributed by atoms with Gasteiger partial charge < -0.3 is 19.1 Å². The van der Waals surface area contributed by atoms with Crippen molar-refractivity contribution in [3.05, 3.63) is 36.4 Å². The van der Waals surface area contributed by atoms with Crippen LogP contribution in [-0.4, -0.2) is 49.8 Å². The van der Waals surface area contributed by atoms with Crippen LogP contribution in [0.5, 0.6) is 11.5 Å². The van der Waals surface area contributed by atoms with Crippen LogP contribution in [0.4, 0.5) is 0 Å². The van der Waals surface area contributed by atoms with Crippen LogP contribution in [0.25, 0.3) is 0 Å². The van der Waals surface area contributed by atoms with Crippen LogP contribution < -0.4 is 9.47 Å². The highest BCUT2D eigenvalue weighted by molar-refractivity contribution is 5.78. The minimum atomic E-state index is 0.0254. The van der Waals surface area contributed by atoms with E-state index < -0.39 is 0 Å². The molecule has 5 nitrogen and oxygen atoms in total. The monoisotopic (exact) mass is 345 g/mol. The number of allylic oxidation sites excluding steroid dienone is 1. The minimum absolute atomic E-state index is 0.0254. The van der Waals surface area contributed by atoms with Gasteiger partial charge in [0.1, 0.15) is 0 Å². The van der Waals surface area contributed by atoms with Crippen molar-refractivity contribution in [2.24, 2.45) is 0 Å². The Morgan fingerprint density at radius 3 is 3.00 bits per heavy atom. The van der Waals surface area contributed by atoms with Gasteiger partial charge in [-0.15, -0.1) is 6.58 Å². The van der Waals surface area contributed by atoms with Crippen LogP contribution in [0.3, 0.4) is 0 Å². The maximum atomic E-state index is 12.7. The summed E-state index contributed by atoms with van der Waals surface area (Å²) < 4.78 is 17.0. The molecule has 0 aromatic heterocycles. The molecule has 0 radical (unpaired) electrons. The number of fused-ring (bicyclic) bond motifs is 1. The van der Waals surface area contributed by atoms with E-state index in [2.05, 4.69) is 6.58 Å². The van der Waals surface area contributed by atoms with Crippen LogP contribution in [0.2, 0.25) is 0 Å². The second-order valence-electron chi connectivity index (χ2n) is 6.61. The molecule has 1 aliphatic heterocycles. The fourth-order valence-corrected chi connectivity index (χ4v) is 3.75. The summed E-state index contributed by atoms with van der Waals surface area (Å²) in [5.41, 5.74) is 1.10. The zero-order valence-electron chi connectivity index (χ0n) is 14.9. The molecule has 1 aliphatic carbocycles. The highest BCUT2D eigenvalue weighted by Gasteiger charge is 2.36. The number of hydrogen-bond acceptors (Lipinski definition) is 4. The predicted molar refractivity (Wildman–Crippen MR) is 96.1 cm³/mol. The normalized spacial score (nSPS) is 22.8. The molecule has 2 aliphatic rings. The lowest BCUT2D eigenvalue weighted by atomic mass is 9.90. The van der Waals surface area contributed by atoms with Crippen molar-refractivity contribution < 1.29 is 19.0 Å². The number of amides is 1. The van der Waals surface area contributed by atoms with E-state index in [4.69, 9.17) is 14.2 Å². The van der Waals surface area contributed by atoms with E-state index >= 15 is 0 Å². The smallest absolute Gasteiger partial charge is 0.260 e. The number of rotatable bonds is 6. The summed E-state index contributed by atoms with van der Waals surface area (Å²) >= 11 is 0. The van der Waals surface area contributed by atoms with E-state index in [0.29, 0.717) is 24.7 Å². The topological polar surface area (TPSA) is 48.0 Å². The van der Waals surface area contributed by atoms with Gasteiger partial charge in [-0.25, -0.2) is 0 Å². The average molecular weight is 345 g/mol. The molecular formula is C20H27NO4. The highest BCUT2D eigenvalue weighted by atomic mass is 16.5. The van der Waals surface area contributed by atoms with E-state index in [-0.39, 0.29) is 24.7 Å². The fourth-order valence-electron chi connectivity index (χ4n) is 3.75. The highest BCUT2D eigenvalue weighted by Crippen LogP contribution is 2.30. The molecule has 1 saturated heterocycles. The molecule has 25 heavy (non-hydrogen) atoms. The van der Waals surface area contributed by atoms with Gasteiger partial charge in [0.05, 0.1) is 25.9 Å². The van der Waals surface area contributed by atoms with Gasteiger partial charge in [-0.1, -0.05) is 25.0 Å². The SMILES string of the molecule is C=CCc1ccc(OCC(=O)N2CCO[C@@H]3CCCC[C@@H]32)c(OC)c1. The van der Waals surface area contributed by atoms with Gasteiger partial charge in [-0.2, -0.15) is 0 Å². The molecule has 3 rings (SSSR count). The number of carbonyl (C=O) groups is 1. The summed E-state index contributed by atoms with van der Waals surface area (Å²) in [6, 6.07) is 5.95. The Labute approximate surface area is 149 Å². The second kappa shape index (κ2) is 8.39. The molecule has 1 aromatic carbocycles. The molecule has 1 aromatic rings. The average Bonchev–Trinajstić information content (AvgIpc) is 2.66. The van der Waals surface area contributed by atoms with E-state index in [1.54, 1.807) is 7.11 Å². The molecule has 0 bridgehead atoms. The minimum Gasteiger partial charge on any atom is -0.493 e. The number of ether oxygens (including phenoxy) is 3. The Hall–Kier alpha value is -2.01. The van der Waals surface area contributed by atoms with Crippen LogP contribution in [0.1, 0.15) is 31.2 Å². The third-order valence-corrected chi connectivity index (χ3v) is 5.01. The first-order valence-electron chi connectivity index (χ1n) is 9.04. The molecule has 5 heteroatoms. The lowest BCUT2D eigenvalue weighted by Crippen LogP contribution is -2.55. The largest absolute Gasteiger partial charge is 0.493 e.